The summed E-state index contributed by atoms with van der Waals surface area (Å²) in [6.45, 7) is 7.57. The first-order valence-corrected chi connectivity index (χ1v) is 9.36. The summed E-state index contributed by atoms with van der Waals surface area (Å²) in [4.78, 5) is 28.2. The molecule has 26 heavy (non-hydrogen) atoms. The molecule has 2 fully saturated rings. The molecule has 1 aliphatic carbocycles. The highest BCUT2D eigenvalue weighted by molar-refractivity contribution is 5.91. The van der Waals surface area contributed by atoms with E-state index in [1.165, 1.54) is 5.56 Å². The number of hydrogen-bond donors (Lipinski definition) is 1. The molecule has 0 spiro atoms. The molecule has 3 aliphatic rings. The van der Waals surface area contributed by atoms with Crippen molar-refractivity contribution in [1.82, 2.24) is 9.80 Å². The van der Waals surface area contributed by atoms with E-state index in [1.807, 2.05) is 36.9 Å². The summed E-state index contributed by atoms with van der Waals surface area (Å²) in [6, 6.07) is 8.17. The number of carbonyl (C=O) groups is 2. The van der Waals surface area contributed by atoms with Crippen molar-refractivity contribution < 1.29 is 19.4 Å². The smallest absolute Gasteiger partial charge is 0.307 e. The first-order valence-electron chi connectivity index (χ1n) is 9.36. The Morgan fingerprint density at radius 1 is 1.15 bits per heavy atom. The summed E-state index contributed by atoms with van der Waals surface area (Å²) in [5, 5.41) is 9.29. The van der Waals surface area contributed by atoms with Gasteiger partial charge in [-0.15, -0.1) is 0 Å². The van der Waals surface area contributed by atoms with Crippen LogP contribution in [-0.2, 0) is 16.0 Å². The average molecular weight is 358 g/mol. The monoisotopic (exact) mass is 358 g/mol. The summed E-state index contributed by atoms with van der Waals surface area (Å²) in [5.41, 5.74) is 0.839. The first kappa shape index (κ1) is 17.3. The number of amides is 1. The molecule has 2 heterocycles. The van der Waals surface area contributed by atoms with E-state index in [0.717, 1.165) is 31.8 Å². The zero-order chi connectivity index (χ0) is 18.5. The third kappa shape index (κ3) is 2.96. The van der Waals surface area contributed by atoms with Crippen molar-refractivity contribution in [2.24, 2.45) is 17.3 Å². The predicted molar refractivity (Wildman–Crippen MR) is 96.0 cm³/mol. The van der Waals surface area contributed by atoms with Crippen LogP contribution in [0, 0.1) is 17.3 Å². The lowest BCUT2D eigenvalue weighted by atomic mass is 10.1. The minimum Gasteiger partial charge on any atom is -0.488 e. The topological polar surface area (TPSA) is 70.1 Å². The number of para-hydroxylation sites is 1. The Labute approximate surface area is 153 Å². The molecule has 0 bridgehead atoms. The molecule has 1 saturated heterocycles. The molecule has 0 unspecified atom stereocenters. The zero-order valence-corrected chi connectivity index (χ0v) is 15.4. The second-order valence-electron chi connectivity index (χ2n) is 8.29. The third-order valence-electron chi connectivity index (χ3n) is 6.22. The second-order valence-corrected chi connectivity index (χ2v) is 8.29. The van der Waals surface area contributed by atoms with Crippen LogP contribution in [0.1, 0.15) is 19.4 Å². The van der Waals surface area contributed by atoms with Gasteiger partial charge in [0.1, 0.15) is 11.9 Å². The van der Waals surface area contributed by atoms with Gasteiger partial charge in [-0.1, -0.05) is 32.0 Å². The molecular formula is C20H26N2O4. The minimum atomic E-state index is -0.857. The Bertz CT molecular complexity index is 699. The molecule has 1 amide bonds. The first-order chi connectivity index (χ1) is 12.4. The summed E-state index contributed by atoms with van der Waals surface area (Å²) >= 11 is 0. The number of fused-ring (bicyclic) bond motifs is 1. The number of ether oxygens (including phenoxy) is 1. The fraction of sp³-hybridized carbons (Fsp3) is 0.600. The lowest BCUT2D eigenvalue weighted by molar-refractivity contribution is -0.142. The van der Waals surface area contributed by atoms with E-state index < -0.39 is 17.3 Å². The molecule has 6 nitrogen and oxygen atoms in total. The number of piperazine rings is 1. The van der Waals surface area contributed by atoms with Crippen molar-refractivity contribution in [2.75, 3.05) is 32.7 Å². The number of carboxylic acids is 1. The Morgan fingerprint density at radius 3 is 2.46 bits per heavy atom. The van der Waals surface area contributed by atoms with Crippen LogP contribution < -0.4 is 4.74 Å². The highest BCUT2D eigenvalue weighted by Gasteiger charge is 2.66. The number of benzene rings is 1. The maximum atomic E-state index is 12.7. The maximum Gasteiger partial charge on any atom is 0.307 e. The van der Waals surface area contributed by atoms with Crippen molar-refractivity contribution in [3.63, 3.8) is 0 Å². The predicted octanol–water partition coefficient (Wildman–Crippen LogP) is 1.49. The minimum absolute atomic E-state index is 0.00608. The molecule has 4 rings (SSSR count). The normalized spacial score (nSPS) is 29.8. The highest BCUT2D eigenvalue weighted by atomic mass is 16.5. The summed E-state index contributed by atoms with van der Waals surface area (Å²) < 4.78 is 6.01. The van der Waals surface area contributed by atoms with E-state index in [1.54, 1.807) is 0 Å². The molecule has 1 aromatic carbocycles. The van der Waals surface area contributed by atoms with Gasteiger partial charge in [-0.2, -0.15) is 0 Å². The van der Waals surface area contributed by atoms with Gasteiger partial charge >= 0.3 is 5.97 Å². The quantitative estimate of drug-likeness (QED) is 0.883. The van der Waals surface area contributed by atoms with Gasteiger partial charge in [0.15, 0.2) is 0 Å². The Balaban J connectivity index is 1.27. The van der Waals surface area contributed by atoms with Gasteiger partial charge in [0.25, 0.3) is 0 Å². The number of nitrogens with zero attached hydrogens (tertiary/aromatic N) is 2. The van der Waals surface area contributed by atoms with Gasteiger partial charge in [0, 0.05) is 39.1 Å². The van der Waals surface area contributed by atoms with Crippen molar-refractivity contribution in [3.05, 3.63) is 29.8 Å². The van der Waals surface area contributed by atoms with E-state index in [0.29, 0.717) is 13.1 Å². The van der Waals surface area contributed by atoms with Crippen molar-refractivity contribution in [3.8, 4) is 5.75 Å². The number of carbonyl (C=O) groups excluding carboxylic acids is 1. The molecule has 1 aromatic rings. The molecule has 140 valence electrons. The van der Waals surface area contributed by atoms with Crippen molar-refractivity contribution >= 4 is 11.9 Å². The molecule has 3 atom stereocenters. The van der Waals surface area contributed by atoms with Gasteiger partial charge in [-0.05, 0) is 17.0 Å². The standard InChI is InChI=1S/C20H26N2O4/c1-20(2)16(17(20)19(24)25)18(23)22-9-7-21(8-10-22)12-14-11-13-5-3-4-6-15(13)26-14/h3-6,14,16-17H,7-12H2,1-2H3,(H,24,25)/t14-,16-,17-/m0/s1. The molecule has 0 aromatic heterocycles. The van der Waals surface area contributed by atoms with E-state index in [9.17, 15) is 14.7 Å². The van der Waals surface area contributed by atoms with E-state index in [4.69, 9.17) is 4.74 Å². The fourth-order valence-electron chi connectivity index (χ4n) is 4.55. The average Bonchev–Trinajstić information content (AvgIpc) is 2.97. The summed E-state index contributed by atoms with van der Waals surface area (Å²) in [5.74, 6) is -0.781. The van der Waals surface area contributed by atoms with Gasteiger partial charge in [-0.25, -0.2) is 0 Å². The molecule has 1 N–H and O–H groups in total. The van der Waals surface area contributed by atoms with Crippen LogP contribution in [-0.4, -0.2) is 65.6 Å². The number of carboxylic acid groups (broad SMARTS) is 1. The molecule has 6 heteroatoms. The molecule has 2 aliphatic heterocycles. The number of hydrogen-bond acceptors (Lipinski definition) is 4. The Kier molecular flexibility index (Phi) is 4.18. The van der Waals surface area contributed by atoms with E-state index in [2.05, 4.69) is 11.0 Å². The van der Waals surface area contributed by atoms with Gasteiger partial charge < -0.3 is 14.7 Å². The van der Waals surface area contributed by atoms with Gasteiger partial charge in [-0.3, -0.25) is 14.5 Å². The Morgan fingerprint density at radius 2 is 1.85 bits per heavy atom. The zero-order valence-electron chi connectivity index (χ0n) is 15.4. The largest absolute Gasteiger partial charge is 0.488 e. The van der Waals surface area contributed by atoms with Crippen LogP contribution in [0.15, 0.2) is 24.3 Å². The number of aliphatic carboxylic acids is 1. The van der Waals surface area contributed by atoms with Crippen LogP contribution in [0.5, 0.6) is 5.75 Å². The van der Waals surface area contributed by atoms with E-state index >= 15 is 0 Å². The molecule has 1 saturated carbocycles. The van der Waals surface area contributed by atoms with Gasteiger partial charge in [0.2, 0.25) is 5.91 Å². The fourth-order valence-corrected chi connectivity index (χ4v) is 4.55. The van der Waals surface area contributed by atoms with Crippen molar-refractivity contribution in [1.29, 1.82) is 0 Å². The lowest BCUT2D eigenvalue weighted by Gasteiger charge is -2.36. The molecular weight excluding hydrogens is 332 g/mol. The third-order valence-corrected chi connectivity index (χ3v) is 6.22. The SMILES string of the molecule is CC1(C)[C@H](C(=O)O)[C@H]1C(=O)N1CCN(C[C@@H]2Cc3ccccc3O2)CC1. The Hall–Kier alpha value is -2.08. The van der Waals surface area contributed by atoms with Crippen LogP contribution in [0.3, 0.4) is 0 Å². The van der Waals surface area contributed by atoms with Crippen LogP contribution in [0.4, 0.5) is 0 Å². The van der Waals surface area contributed by atoms with Gasteiger partial charge in [0.05, 0.1) is 11.8 Å². The van der Waals surface area contributed by atoms with Crippen LogP contribution in [0.25, 0.3) is 0 Å². The van der Waals surface area contributed by atoms with Crippen LogP contribution in [0.2, 0.25) is 0 Å². The number of rotatable bonds is 4. The highest BCUT2D eigenvalue weighted by Crippen LogP contribution is 2.59. The van der Waals surface area contributed by atoms with E-state index in [-0.39, 0.29) is 17.9 Å². The summed E-state index contributed by atoms with van der Waals surface area (Å²) in [6.07, 6.45) is 1.11. The second kappa shape index (κ2) is 6.27. The van der Waals surface area contributed by atoms with Crippen molar-refractivity contribution in [2.45, 2.75) is 26.4 Å². The molecule has 0 radical (unpaired) electrons. The van der Waals surface area contributed by atoms with Crippen LogP contribution >= 0.6 is 0 Å². The maximum absolute atomic E-state index is 12.7. The summed E-state index contributed by atoms with van der Waals surface area (Å²) in [7, 11) is 0. The lowest BCUT2D eigenvalue weighted by Crippen LogP contribution is -2.51.